The molecular formula is C33H40Cl2Zr. The minimum absolute atomic E-state index is 0. The molecule has 4 aliphatic carbocycles. The van der Waals surface area contributed by atoms with Crippen molar-refractivity contribution in [3.05, 3.63) is 81.2 Å². The van der Waals surface area contributed by atoms with Crippen LogP contribution in [0.3, 0.4) is 0 Å². The van der Waals surface area contributed by atoms with Crippen LogP contribution < -0.4 is 24.8 Å². The van der Waals surface area contributed by atoms with Crippen molar-refractivity contribution in [1.29, 1.82) is 0 Å². The van der Waals surface area contributed by atoms with Crippen molar-refractivity contribution in [2.45, 2.75) is 75.3 Å². The van der Waals surface area contributed by atoms with E-state index in [1.54, 1.807) is 11.1 Å². The summed E-state index contributed by atoms with van der Waals surface area (Å²) in [5.74, 6) is 3.45. The van der Waals surface area contributed by atoms with Crippen molar-refractivity contribution in [2.24, 2.45) is 23.7 Å². The van der Waals surface area contributed by atoms with Crippen molar-refractivity contribution >= 4 is 3.21 Å². The van der Waals surface area contributed by atoms with Gasteiger partial charge in [-0.15, -0.1) is 0 Å². The van der Waals surface area contributed by atoms with Gasteiger partial charge < -0.3 is 24.8 Å². The van der Waals surface area contributed by atoms with Crippen molar-refractivity contribution in [3.8, 4) is 11.1 Å². The molecule has 2 unspecified atom stereocenters. The molecule has 0 radical (unpaired) electrons. The molecule has 2 saturated carbocycles. The van der Waals surface area contributed by atoms with Gasteiger partial charge in [-0.2, -0.15) is 0 Å². The molecule has 36 heavy (non-hydrogen) atoms. The molecule has 190 valence electrons. The van der Waals surface area contributed by atoms with E-state index in [0.717, 1.165) is 23.7 Å². The van der Waals surface area contributed by atoms with Gasteiger partial charge in [-0.25, -0.2) is 0 Å². The molecule has 0 aliphatic heterocycles. The van der Waals surface area contributed by atoms with Crippen LogP contribution in [-0.2, 0) is 21.3 Å². The Morgan fingerprint density at radius 1 is 0.722 bits per heavy atom. The van der Waals surface area contributed by atoms with Gasteiger partial charge in [0.1, 0.15) is 0 Å². The van der Waals surface area contributed by atoms with Crippen molar-refractivity contribution < 1.29 is 46.1 Å². The fourth-order valence-electron chi connectivity index (χ4n) is 7.98. The van der Waals surface area contributed by atoms with E-state index in [1.807, 2.05) is 3.28 Å². The largest absolute Gasteiger partial charge is 1.00 e. The summed E-state index contributed by atoms with van der Waals surface area (Å²) in [4.78, 5) is 0. The van der Waals surface area contributed by atoms with Crippen molar-refractivity contribution in [2.75, 3.05) is 0 Å². The standard InChI is InChI=1S/C15H26.C13H9.C5H5.2ClH.Zr/c1-12(14-7-3-4-8-14)11-13(2)15-9-5-6-10-15;1-3-7-12-10(5-1)9-11-6-2-4-8-13(11)12;1-2-4-5-3-1;;;/h12-15H,3-10H2,1-2H3;1-9H;1-3H,4H2;2*1H;/q;;;;;+2/p-2. The molecule has 2 atom stereocenters. The van der Waals surface area contributed by atoms with Crippen LogP contribution in [0.1, 0.15) is 86.4 Å². The van der Waals surface area contributed by atoms with E-state index in [9.17, 15) is 0 Å². The second-order valence-corrected chi connectivity index (χ2v) is 17.9. The Morgan fingerprint density at radius 2 is 1.19 bits per heavy atom. The summed E-state index contributed by atoms with van der Waals surface area (Å²) >= 11 is -2.26. The molecule has 0 saturated heterocycles. The van der Waals surface area contributed by atoms with Crippen LogP contribution in [0.25, 0.3) is 11.1 Å². The van der Waals surface area contributed by atoms with Gasteiger partial charge >= 0.3 is 216 Å². The van der Waals surface area contributed by atoms with E-state index >= 15 is 0 Å². The SMILES string of the molecule is CC([C](C(C)C1CCCC1)=[Zr+2]([C]1=CC=CC1)[CH]1c2ccccc2-c2ccccc21)C1CCCC1.[Cl-].[Cl-]. The van der Waals surface area contributed by atoms with Gasteiger partial charge in [0.05, 0.1) is 0 Å². The van der Waals surface area contributed by atoms with E-state index in [2.05, 4.69) is 83.8 Å². The van der Waals surface area contributed by atoms with E-state index in [-0.39, 0.29) is 24.8 Å². The number of hydrogen-bond acceptors (Lipinski definition) is 0. The van der Waals surface area contributed by atoms with Gasteiger partial charge in [0.25, 0.3) is 0 Å². The monoisotopic (exact) mass is 596 g/mol. The first-order valence-electron chi connectivity index (χ1n) is 14.0. The third-order valence-corrected chi connectivity index (χ3v) is 19.1. The summed E-state index contributed by atoms with van der Waals surface area (Å²) in [7, 11) is 0. The van der Waals surface area contributed by atoms with Crippen LogP contribution in [0.2, 0.25) is 0 Å². The Balaban J connectivity index is 0.00000152. The van der Waals surface area contributed by atoms with Gasteiger partial charge in [0.2, 0.25) is 0 Å². The summed E-state index contributed by atoms with van der Waals surface area (Å²) in [5.41, 5.74) is 6.35. The van der Waals surface area contributed by atoms with Crippen molar-refractivity contribution in [1.82, 2.24) is 0 Å². The Kier molecular flexibility index (Phi) is 9.74. The van der Waals surface area contributed by atoms with E-state index in [0.29, 0.717) is 3.63 Å². The maximum atomic E-state index is 2.67. The van der Waals surface area contributed by atoms with Gasteiger partial charge in [-0.05, 0) is 0 Å². The minimum atomic E-state index is -2.26. The first-order valence-corrected chi connectivity index (χ1v) is 17.9. The second-order valence-electron chi connectivity index (χ2n) is 11.5. The molecule has 0 nitrogen and oxygen atoms in total. The predicted molar refractivity (Wildman–Crippen MR) is 143 cm³/mol. The van der Waals surface area contributed by atoms with Crippen LogP contribution in [0.4, 0.5) is 0 Å². The molecule has 0 bridgehead atoms. The van der Waals surface area contributed by atoms with Gasteiger partial charge in [0, 0.05) is 0 Å². The molecule has 0 spiro atoms. The smallest absolute Gasteiger partial charge is 1.00 e. The Labute approximate surface area is 239 Å². The molecule has 6 rings (SSSR count). The first kappa shape index (κ1) is 28.3. The number of halogens is 2. The van der Waals surface area contributed by atoms with Crippen LogP contribution in [0.15, 0.2) is 70.0 Å². The van der Waals surface area contributed by atoms with Crippen LogP contribution in [0.5, 0.6) is 0 Å². The van der Waals surface area contributed by atoms with Crippen LogP contribution in [-0.4, -0.2) is 3.21 Å². The van der Waals surface area contributed by atoms with Crippen molar-refractivity contribution in [3.63, 3.8) is 0 Å². The topological polar surface area (TPSA) is 0 Å². The number of hydrogen-bond donors (Lipinski definition) is 0. The van der Waals surface area contributed by atoms with Gasteiger partial charge in [-0.1, -0.05) is 0 Å². The molecular weight excluding hydrogens is 558 g/mol. The maximum absolute atomic E-state index is 2.67. The fourth-order valence-corrected chi connectivity index (χ4v) is 18.5. The molecule has 2 aromatic carbocycles. The molecule has 3 heteroatoms. The minimum Gasteiger partial charge on any atom is -1.00 e. The maximum Gasteiger partial charge on any atom is -1.00 e. The van der Waals surface area contributed by atoms with E-state index < -0.39 is 21.3 Å². The van der Waals surface area contributed by atoms with Gasteiger partial charge in [-0.3, -0.25) is 0 Å². The zero-order valence-electron chi connectivity index (χ0n) is 21.9. The Hall–Kier alpha value is -0.747. The first-order chi connectivity index (χ1) is 16.7. The van der Waals surface area contributed by atoms with E-state index in [4.69, 9.17) is 0 Å². The normalized spacial score (nSPS) is 20.5. The fraction of sp³-hybridized carbons (Fsp3) is 0.485. The summed E-state index contributed by atoms with van der Waals surface area (Å²) < 4.78 is 4.62. The zero-order chi connectivity index (χ0) is 23.1. The summed E-state index contributed by atoms with van der Waals surface area (Å²) in [6, 6.07) is 18.9. The molecule has 0 N–H and O–H groups in total. The van der Waals surface area contributed by atoms with Crippen LogP contribution >= 0.6 is 0 Å². The Morgan fingerprint density at radius 3 is 1.64 bits per heavy atom. The molecule has 2 fully saturated rings. The second kappa shape index (κ2) is 12.4. The number of rotatable bonds is 6. The average molecular weight is 599 g/mol. The Bertz CT molecular complexity index is 1080. The molecule has 0 heterocycles. The van der Waals surface area contributed by atoms with Gasteiger partial charge in [0.15, 0.2) is 0 Å². The third-order valence-electron chi connectivity index (χ3n) is 9.75. The van der Waals surface area contributed by atoms with Crippen LogP contribution in [0, 0.1) is 23.7 Å². The molecule has 4 aliphatic rings. The number of allylic oxidation sites excluding steroid dienone is 4. The third kappa shape index (κ3) is 5.11. The number of benzene rings is 2. The molecule has 0 amide bonds. The summed E-state index contributed by atoms with van der Waals surface area (Å²) in [5, 5.41) is 0. The predicted octanol–water partition coefficient (Wildman–Crippen LogP) is 3.05. The summed E-state index contributed by atoms with van der Waals surface area (Å²) in [6.07, 6.45) is 20.3. The number of fused-ring (bicyclic) bond motifs is 3. The van der Waals surface area contributed by atoms with E-state index in [1.165, 1.54) is 68.9 Å². The molecule has 2 aromatic rings. The summed E-state index contributed by atoms with van der Waals surface area (Å²) in [6.45, 7) is 5.35. The quantitative estimate of drug-likeness (QED) is 0.480. The average Bonchev–Trinajstić information content (AvgIpc) is 3.69. The zero-order valence-corrected chi connectivity index (χ0v) is 25.8. The molecule has 0 aromatic heterocycles.